The third-order valence-electron chi connectivity index (χ3n) is 2.74. The van der Waals surface area contributed by atoms with Crippen molar-refractivity contribution in [1.82, 2.24) is 15.1 Å². The maximum absolute atomic E-state index is 5.87. The Hall–Kier alpha value is -1.03. The van der Waals surface area contributed by atoms with Gasteiger partial charge < -0.3 is 10.1 Å². The van der Waals surface area contributed by atoms with Crippen LogP contribution in [0.25, 0.3) is 0 Å². The Bertz CT molecular complexity index is 290. The molecule has 1 saturated heterocycles. The summed E-state index contributed by atoms with van der Waals surface area (Å²) in [7, 11) is 0. The Morgan fingerprint density at radius 1 is 1.60 bits per heavy atom. The van der Waals surface area contributed by atoms with Gasteiger partial charge in [-0.05, 0) is 32.7 Å². The highest BCUT2D eigenvalue weighted by Gasteiger charge is 2.13. The fourth-order valence-electron chi connectivity index (χ4n) is 1.86. The third-order valence-corrected chi connectivity index (χ3v) is 2.74. The van der Waals surface area contributed by atoms with Crippen LogP contribution >= 0.6 is 0 Å². The second kappa shape index (κ2) is 5.16. The van der Waals surface area contributed by atoms with Crippen molar-refractivity contribution in [3.05, 3.63) is 12.4 Å². The molecular formula is C11H19N3O. The lowest BCUT2D eigenvalue weighted by Crippen LogP contribution is -2.29. The summed E-state index contributed by atoms with van der Waals surface area (Å²) in [6.45, 7) is 5.04. The van der Waals surface area contributed by atoms with E-state index in [-0.39, 0.29) is 0 Å². The van der Waals surface area contributed by atoms with Gasteiger partial charge >= 0.3 is 0 Å². The van der Waals surface area contributed by atoms with Crippen molar-refractivity contribution in [2.45, 2.75) is 38.8 Å². The average molecular weight is 209 g/mol. The maximum Gasteiger partial charge on any atom is 0.157 e. The number of aryl methyl sites for hydroxylation is 1. The highest BCUT2D eigenvalue weighted by molar-refractivity contribution is 5.12. The van der Waals surface area contributed by atoms with Crippen molar-refractivity contribution in [3.63, 3.8) is 0 Å². The van der Waals surface area contributed by atoms with Crippen molar-refractivity contribution in [2.75, 3.05) is 13.1 Å². The molecule has 1 unspecified atom stereocenters. The van der Waals surface area contributed by atoms with Gasteiger partial charge in [0.2, 0.25) is 0 Å². The molecule has 0 amide bonds. The lowest BCUT2D eigenvalue weighted by atomic mass is 10.2. The summed E-state index contributed by atoms with van der Waals surface area (Å²) in [5.41, 5.74) is 0. The Balaban J connectivity index is 1.89. The topological polar surface area (TPSA) is 39.1 Å². The molecule has 1 atom stereocenters. The third kappa shape index (κ3) is 2.96. The number of hydrogen-bond acceptors (Lipinski definition) is 3. The molecule has 0 bridgehead atoms. The molecule has 1 fully saturated rings. The molecule has 0 aromatic carbocycles. The molecule has 2 rings (SSSR count). The van der Waals surface area contributed by atoms with E-state index in [1.165, 1.54) is 12.8 Å². The van der Waals surface area contributed by atoms with Gasteiger partial charge in [0.25, 0.3) is 0 Å². The molecule has 1 aliphatic rings. The molecule has 0 spiro atoms. The second-order valence-electron chi connectivity index (χ2n) is 3.97. The molecule has 1 N–H and O–H groups in total. The van der Waals surface area contributed by atoms with E-state index in [2.05, 4.69) is 17.3 Å². The number of nitrogens with one attached hydrogen (secondary N) is 1. The van der Waals surface area contributed by atoms with Crippen molar-refractivity contribution in [1.29, 1.82) is 0 Å². The van der Waals surface area contributed by atoms with Crippen LogP contribution in [0.2, 0.25) is 0 Å². The molecule has 15 heavy (non-hydrogen) atoms. The summed E-state index contributed by atoms with van der Waals surface area (Å²) in [5, 5.41) is 7.58. The summed E-state index contributed by atoms with van der Waals surface area (Å²) in [4.78, 5) is 0. The zero-order valence-electron chi connectivity index (χ0n) is 9.28. The molecule has 2 heterocycles. The van der Waals surface area contributed by atoms with Gasteiger partial charge in [-0.15, -0.1) is 0 Å². The summed E-state index contributed by atoms with van der Waals surface area (Å²) >= 11 is 0. The Labute approximate surface area is 90.6 Å². The molecule has 84 valence electrons. The van der Waals surface area contributed by atoms with Gasteiger partial charge in [-0.3, -0.25) is 4.68 Å². The van der Waals surface area contributed by atoms with E-state index >= 15 is 0 Å². The monoisotopic (exact) mass is 209 g/mol. The number of nitrogens with zero attached hydrogens (tertiary/aromatic N) is 2. The van der Waals surface area contributed by atoms with Crippen molar-refractivity contribution < 1.29 is 4.74 Å². The van der Waals surface area contributed by atoms with Crippen molar-refractivity contribution in [3.8, 4) is 5.75 Å². The molecular weight excluding hydrogens is 190 g/mol. The number of hydrogen-bond donors (Lipinski definition) is 1. The zero-order valence-corrected chi connectivity index (χ0v) is 9.28. The molecule has 1 aliphatic heterocycles. The predicted molar refractivity (Wildman–Crippen MR) is 59.0 cm³/mol. The van der Waals surface area contributed by atoms with Gasteiger partial charge in [-0.1, -0.05) is 0 Å². The minimum absolute atomic E-state index is 0.307. The fraction of sp³-hybridized carbons (Fsp3) is 0.727. The zero-order chi connectivity index (χ0) is 10.5. The number of ether oxygens (including phenoxy) is 1. The largest absolute Gasteiger partial charge is 0.486 e. The van der Waals surface area contributed by atoms with Gasteiger partial charge in [0, 0.05) is 13.1 Å². The lowest BCUT2D eigenvalue weighted by molar-refractivity contribution is 0.194. The van der Waals surface area contributed by atoms with Gasteiger partial charge in [-0.2, -0.15) is 5.10 Å². The van der Waals surface area contributed by atoms with E-state index in [1.807, 2.05) is 10.9 Å². The van der Waals surface area contributed by atoms with Crippen LogP contribution in [-0.2, 0) is 6.54 Å². The van der Waals surface area contributed by atoms with Crippen molar-refractivity contribution >= 4 is 0 Å². The smallest absolute Gasteiger partial charge is 0.157 e. The Morgan fingerprint density at radius 3 is 3.33 bits per heavy atom. The predicted octanol–water partition coefficient (Wildman–Crippen LogP) is 1.42. The van der Waals surface area contributed by atoms with Gasteiger partial charge in [-0.25, -0.2) is 0 Å². The molecule has 1 aromatic heterocycles. The van der Waals surface area contributed by atoms with Gasteiger partial charge in [0.1, 0.15) is 6.10 Å². The first-order valence-corrected chi connectivity index (χ1v) is 5.78. The standard InChI is InChI=1S/C11H19N3O/c1-2-14-9-11(8-13-14)15-10-5-3-4-6-12-7-10/h8-10,12H,2-7H2,1H3. The van der Waals surface area contributed by atoms with Crippen LogP contribution < -0.4 is 10.1 Å². The minimum atomic E-state index is 0.307. The highest BCUT2D eigenvalue weighted by Crippen LogP contribution is 2.14. The maximum atomic E-state index is 5.87. The molecule has 0 radical (unpaired) electrons. The second-order valence-corrected chi connectivity index (χ2v) is 3.97. The van der Waals surface area contributed by atoms with Crippen LogP contribution in [0.3, 0.4) is 0 Å². The highest BCUT2D eigenvalue weighted by atomic mass is 16.5. The first-order valence-electron chi connectivity index (χ1n) is 5.78. The fourth-order valence-corrected chi connectivity index (χ4v) is 1.86. The van der Waals surface area contributed by atoms with Crippen LogP contribution in [0.4, 0.5) is 0 Å². The molecule has 4 heteroatoms. The molecule has 0 aliphatic carbocycles. The normalized spacial score (nSPS) is 22.3. The van der Waals surface area contributed by atoms with E-state index in [9.17, 15) is 0 Å². The van der Waals surface area contributed by atoms with E-state index in [1.54, 1.807) is 6.20 Å². The Morgan fingerprint density at radius 2 is 2.53 bits per heavy atom. The lowest BCUT2D eigenvalue weighted by Gasteiger charge is -2.15. The van der Waals surface area contributed by atoms with Crippen LogP contribution in [-0.4, -0.2) is 29.0 Å². The van der Waals surface area contributed by atoms with Crippen LogP contribution in [0, 0.1) is 0 Å². The van der Waals surface area contributed by atoms with Crippen LogP contribution in [0.15, 0.2) is 12.4 Å². The van der Waals surface area contributed by atoms with Crippen LogP contribution in [0.1, 0.15) is 26.2 Å². The number of aromatic nitrogens is 2. The van der Waals surface area contributed by atoms with E-state index < -0.39 is 0 Å². The molecule has 1 aromatic rings. The average Bonchev–Trinajstić information content (AvgIpc) is 2.54. The first kappa shape index (κ1) is 10.5. The first-order chi connectivity index (χ1) is 7.38. The summed E-state index contributed by atoms with van der Waals surface area (Å²) in [6, 6.07) is 0. The van der Waals surface area contributed by atoms with Gasteiger partial charge in [0.05, 0.1) is 12.4 Å². The minimum Gasteiger partial charge on any atom is -0.486 e. The van der Waals surface area contributed by atoms with Crippen LogP contribution in [0.5, 0.6) is 5.75 Å². The number of rotatable bonds is 3. The quantitative estimate of drug-likeness (QED) is 0.818. The summed E-state index contributed by atoms with van der Waals surface area (Å²) in [6.07, 6.45) is 7.72. The van der Waals surface area contributed by atoms with E-state index in [0.717, 1.165) is 31.8 Å². The molecule has 0 saturated carbocycles. The van der Waals surface area contributed by atoms with Gasteiger partial charge in [0.15, 0.2) is 5.75 Å². The summed E-state index contributed by atoms with van der Waals surface area (Å²) < 4.78 is 7.76. The summed E-state index contributed by atoms with van der Waals surface area (Å²) in [5.74, 6) is 0.894. The van der Waals surface area contributed by atoms with E-state index in [4.69, 9.17) is 4.74 Å². The Kier molecular flexibility index (Phi) is 3.61. The molecule has 4 nitrogen and oxygen atoms in total. The van der Waals surface area contributed by atoms with E-state index in [0.29, 0.717) is 6.10 Å². The SMILES string of the molecule is CCn1cc(OC2CCCCNC2)cn1. The van der Waals surface area contributed by atoms with Crippen molar-refractivity contribution in [2.24, 2.45) is 0 Å².